The molecule has 1 aliphatic rings. The standard InChI is InChI=1S/C12H13F2NOS/c13-8-3-9(14)5-10(4-8)15-11(16)6-12(7-17)1-2-12/h3-5,17H,1-2,6-7H2,(H,15,16). The number of anilines is 1. The predicted octanol–water partition coefficient (Wildman–Crippen LogP) is 3.00. The van der Waals surface area contributed by atoms with E-state index in [1.54, 1.807) is 0 Å². The lowest BCUT2D eigenvalue weighted by Gasteiger charge is -2.11. The number of halogens is 2. The van der Waals surface area contributed by atoms with Gasteiger partial charge in [-0.1, -0.05) is 0 Å². The highest BCUT2D eigenvalue weighted by atomic mass is 32.1. The highest BCUT2D eigenvalue weighted by Gasteiger charge is 2.42. The molecule has 92 valence electrons. The number of carbonyl (C=O) groups is 1. The molecule has 1 aliphatic carbocycles. The van der Waals surface area contributed by atoms with E-state index in [-0.39, 0.29) is 17.0 Å². The van der Waals surface area contributed by atoms with E-state index in [1.807, 2.05) is 0 Å². The van der Waals surface area contributed by atoms with Gasteiger partial charge in [-0.05, 0) is 36.1 Å². The Balaban J connectivity index is 1.98. The highest BCUT2D eigenvalue weighted by Crippen LogP contribution is 2.49. The third-order valence-electron chi connectivity index (χ3n) is 2.97. The van der Waals surface area contributed by atoms with Gasteiger partial charge in [0.15, 0.2) is 0 Å². The minimum absolute atomic E-state index is 0.000928. The molecule has 0 heterocycles. The lowest BCUT2D eigenvalue weighted by Crippen LogP contribution is -2.18. The topological polar surface area (TPSA) is 29.1 Å². The number of nitrogens with one attached hydrogen (secondary N) is 1. The third-order valence-corrected chi connectivity index (χ3v) is 3.65. The molecule has 0 saturated heterocycles. The molecular weight excluding hydrogens is 244 g/mol. The Kier molecular flexibility index (Phi) is 3.38. The molecule has 0 aliphatic heterocycles. The van der Waals surface area contributed by atoms with Crippen LogP contribution >= 0.6 is 12.6 Å². The van der Waals surface area contributed by atoms with Gasteiger partial charge in [-0.2, -0.15) is 12.6 Å². The van der Waals surface area contributed by atoms with Gasteiger partial charge in [-0.3, -0.25) is 4.79 Å². The molecule has 1 aromatic rings. The van der Waals surface area contributed by atoms with Crippen LogP contribution in [0, 0.1) is 17.0 Å². The number of thiol groups is 1. The van der Waals surface area contributed by atoms with Crippen LogP contribution in [0.2, 0.25) is 0 Å². The van der Waals surface area contributed by atoms with Crippen molar-refractivity contribution in [3.05, 3.63) is 29.8 Å². The zero-order chi connectivity index (χ0) is 12.5. The molecule has 1 fully saturated rings. The summed E-state index contributed by atoms with van der Waals surface area (Å²) in [6, 6.07) is 2.97. The zero-order valence-electron chi connectivity index (χ0n) is 9.17. The van der Waals surface area contributed by atoms with E-state index in [4.69, 9.17) is 0 Å². The molecule has 2 rings (SSSR count). The summed E-state index contributed by atoms with van der Waals surface area (Å²) in [5.41, 5.74) is 0.154. The first kappa shape index (κ1) is 12.4. The summed E-state index contributed by atoms with van der Waals surface area (Å²) in [4.78, 5) is 11.7. The van der Waals surface area contributed by atoms with Crippen molar-refractivity contribution in [3.63, 3.8) is 0 Å². The van der Waals surface area contributed by atoms with E-state index in [9.17, 15) is 13.6 Å². The summed E-state index contributed by atoms with van der Waals surface area (Å²) >= 11 is 4.20. The summed E-state index contributed by atoms with van der Waals surface area (Å²) in [5.74, 6) is -0.953. The van der Waals surface area contributed by atoms with Gasteiger partial charge in [0.1, 0.15) is 11.6 Å². The van der Waals surface area contributed by atoms with Gasteiger partial charge in [0.25, 0.3) is 0 Å². The van der Waals surface area contributed by atoms with Crippen molar-refractivity contribution in [1.82, 2.24) is 0 Å². The van der Waals surface area contributed by atoms with Gasteiger partial charge < -0.3 is 5.32 Å². The minimum Gasteiger partial charge on any atom is -0.326 e. The van der Waals surface area contributed by atoms with E-state index >= 15 is 0 Å². The summed E-state index contributed by atoms with van der Waals surface area (Å²) in [6.07, 6.45) is 2.33. The van der Waals surface area contributed by atoms with Crippen LogP contribution in [-0.4, -0.2) is 11.7 Å². The van der Waals surface area contributed by atoms with Crippen LogP contribution in [-0.2, 0) is 4.79 Å². The van der Waals surface area contributed by atoms with Gasteiger partial charge in [0.2, 0.25) is 5.91 Å². The van der Waals surface area contributed by atoms with Crippen molar-refractivity contribution in [1.29, 1.82) is 0 Å². The van der Waals surface area contributed by atoms with Crippen molar-refractivity contribution in [2.75, 3.05) is 11.1 Å². The highest BCUT2D eigenvalue weighted by molar-refractivity contribution is 7.80. The van der Waals surface area contributed by atoms with Crippen molar-refractivity contribution >= 4 is 24.2 Å². The molecule has 1 aromatic carbocycles. The molecule has 5 heteroatoms. The quantitative estimate of drug-likeness (QED) is 0.798. The Morgan fingerprint density at radius 1 is 1.29 bits per heavy atom. The second-order valence-electron chi connectivity index (χ2n) is 4.54. The Hall–Kier alpha value is -1.10. The molecule has 0 radical (unpaired) electrons. The summed E-state index contributed by atoms with van der Waals surface area (Å²) in [6.45, 7) is 0. The molecule has 0 bridgehead atoms. The first-order chi connectivity index (χ1) is 8.03. The van der Waals surface area contributed by atoms with E-state index in [1.165, 1.54) is 0 Å². The van der Waals surface area contributed by atoms with Crippen molar-refractivity contribution in [3.8, 4) is 0 Å². The smallest absolute Gasteiger partial charge is 0.224 e. The van der Waals surface area contributed by atoms with Gasteiger partial charge in [0, 0.05) is 18.2 Å². The zero-order valence-corrected chi connectivity index (χ0v) is 10.1. The van der Waals surface area contributed by atoms with Crippen LogP contribution in [0.25, 0.3) is 0 Å². The van der Waals surface area contributed by atoms with E-state index in [2.05, 4.69) is 17.9 Å². The van der Waals surface area contributed by atoms with Gasteiger partial charge in [0.05, 0.1) is 0 Å². The average molecular weight is 257 g/mol. The van der Waals surface area contributed by atoms with Crippen molar-refractivity contribution in [2.24, 2.45) is 5.41 Å². The second-order valence-corrected chi connectivity index (χ2v) is 4.86. The van der Waals surface area contributed by atoms with Crippen LogP contribution in [0.1, 0.15) is 19.3 Å². The number of carbonyl (C=O) groups excluding carboxylic acids is 1. The number of hydrogen-bond donors (Lipinski definition) is 2. The Labute approximate surface area is 104 Å². The van der Waals surface area contributed by atoms with Gasteiger partial charge in [-0.15, -0.1) is 0 Å². The van der Waals surface area contributed by atoms with Gasteiger partial charge in [-0.25, -0.2) is 8.78 Å². The fourth-order valence-corrected chi connectivity index (χ4v) is 2.17. The van der Waals surface area contributed by atoms with E-state index in [0.717, 1.165) is 31.0 Å². The van der Waals surface area contributed by atoms with Crippen LogP contribution in [0.15, 0.2) is 18.2 Å². The normalized spacial score (nSPS) is 16.6. The number of amides is 1. The maximum Gasteiger partial charge on any atom is 0.224 e. The maximum absolute atomic E-state index is 12.9. The molecule has 2 nitrogen and oxygen atoms in total. The fraction of sp³-hybridized carbons (Fsp3) is 0.417. The first-order valence-corrected chi connectivity index (χ1v) is 6.03. The Morgan fingerprint density at radius 3 is 2.35 bits per heavy atom. The van der Waals surface area contributed by atoms with Gasteiger partial charge >= 0.3 is 0 Å². The molecule has 0 atom stereocenters. The average Bonchev–Trinajstić information content (AvgIpc) is 2.96. The Morgan fingerprint density at radius 2 is 1.88 bits per heavy atom. The molecule has 1 amide bonds. The van der Waals surface area contributed by atoms with Crippen LogP contribution in [0.5, 0.6) is 0 Å². The summed E-state index contributed by atoms with van der Waals surface area (Å²) < 4.78 is 25.8. The number of benzene rings is 1. The SMILES string of the molecule is O=C(CC1(CS)CC1)Nc1cc(F)cc(F)c1. The molecule has 1 N–H and O–H groups in total. The molecular formula is C12H13F2NOS. The largest absolute Gasteiger partial charge is 0.326 e. The predicted molar refractivity (Wildman–Crippen MR) is 65.1 cm³/mol. The fourth-order valence-electron chi connectivity index (χ4n) is 1.74. The summed E-state index contributed by atoms with van der Waals surface area (Å²) in [7, 11) is 0. The van der Waals surface area contributed by atoms with Crippen LogP contribution in [0.3, 0.4) is 0 Å². The third kappa shape index (κ3) is 3.19. The van der Waals surface area contributed by atoms with Crippen molar-refractivity contribution < 1.29 is 13.6 Å². The molecule has 1 saturated carbocycles. The monoisotopic (exact) mass is 257 g/mol. The second kappa shape index (κ2) is 4.64. The van der Waals surface area contributed by atoms with E-state index < -0.39 is 11.6 Å². The van der Waals surface area contributed by atoms with Crippen LogP contribution < -0.4 is 5.32 Å². The number of rotatable bonds is 4. The molecule has 0 spiro atoms. The number of hydrogen-bond acceptors (Lipinski definition) is 2. The molecule has 0 aromatic heterocycles. The first-order valence-electron chi connectivity index (χ1n) is 5.40. The minimum atomic E-state index is -0.698. The molecule has 17 heavy (non-hydrogen) atoms. The maximum atomic E-state index is 12.9. The Bertz CT molecular complexity index is 426. The van der Waals surface area contributed by atoms with E-state index in [0.29, 0.717) is 12.2 Å². The lowest BCUT2D eigenvalue weighted by atomic mass is 10.1. The molecule has 0 unspecified atom stereocenters. The van der Waals surface area contributed by atoms with Crippen molar-refractivity contribution in [2.45, 2.75) is 19.3 Å². The summed E-state index contributed by atoms with van der Waals surface area (Å²) in [5, 5.41) is 2.50. The van der Waals surface area contributed by atoms with Crippen LogP contribution in [0.4, 0.5) is 14.5 Å². The lowest BCUT2D eigenvalue weighted by molar-refractivity contribution is -0.117.